The van der Waals surface area contributed by atoms with Gasteiger partial charge in [-0.05, 0) is 64.8 Å². The maximum absolute atomic E-state index is 12.6. The molecule has 0 spiro atoms. The summed E-state index contributed by atoms with van der Waals surface area (Å²) >= 11 is 3.38. The molecule has 0 aliphatic rings. The number of halogens is 1. The van der Waals surface area contributed by atoms with E-state index in [9.17, 15) is 13.2 Å². The second-order valence-electron chi connectivity index (χ2n) is 6.41. The summed E-state index contributed by atoms with van der Waals surface area (Å²) in [5.41, 5.74) is 3.34. The number of benzene rings is 2. The van der Waals surface area contributed by atoms with Gasteiger partial charge in [-0.2, -0.15) is 5.10 Å². The number of carbonyl (C=O) groups is 1. The molecule has 2 aromatic carbocycles. The Hall–Kier alpha value is -2.79. The number of amides is 1. The summed E-state index contributed by atoms with van der Waals surface area (Å²) in [6.45, 7) is 1.48. The van der Waals surface area contributed by atoms with Gasteiger partial charge in [0.05, 0.1) is 44.0 Å². The molecule has 9 nitrogen and oxygen atoms in total. The molecule has 0 bridgehead atoms. The molecule has 0 aliphatic heterocycles. The summed E-state index contributed by atoms with van der Waals surface area (Å²) in [4.78, 5) is 12.6. The highest BCUT2D eigenvalue weighted by Gasteiger charge is 2.29. The average Bonchev–Trinajstić information content (AvgIpc) is 2.72. The first-order chi connectivity index (χ1) is 14.6. The third kappa shape index (κ3) is 6.11. The molecule has 0 heterocycles. The summed E-state index contributed by atoms with van der Waals surface area (Å²) in [5.74, 6) is 0.985. The van der Waals surface area contributed by atoms with Crippen molar-refractivity contribution in [2.24, 2.45) is 5.10 Å². The summed E-state index contributed by atoms with van der Waals surface area (Å²) in [5, 5.41) is 3.94. The molecule has 0 fully saturated rings. The zero-order valence-corrected chi connectivity index (χ0v) is 20.2. The van der Waals surface area contributed by atoms with Gasteiger partial charge in [0.15, 0.2) is 11.5 Å². The standard InChI is InChI=1S/C20H24BrN3O6S/c1-13(24(31(5,26)27)15-6-8-16(28-2)9-7-15)20(25)23-22-12-14-10-17(21)19(30-4)18(11-14)29-3/h6-13H,1-5H3,(H,23,25)/b22-12-/t13-/m1/s1. The topological polar surface area (TPSA) is 107 Å². The first-order valence-electron chi connectivity index (χ1n) is 9.00. The Bertz CT molecular complexity index is 1060. The molecule has 11 heteroatoms. The number of hydrogen-bond acceptors (Lipinski definition) is 7. The largest absolute Gasteiger partial charge is 0.497 e. The molecule has 0 aromatic heterocycles. The van der Waals surface area contributed by atoms with E-state index in [-0.39, 0.29) is 0 Å². The highest BCUT2D eigenvalue weighted by atomic mass is 79.9. The van der Waals surface area contributed by atoms with E-state index in [1.54, 1.807) is 36.4 Å². The van der Waals surface area contributed by atoms with Crippen LogP contribution in [-0.2, 0) is 14.8 Å². The number of methoxy groups -OCH3 is 3. The van der Waals surface area contributed by atoms with E-state index in [1.165, 1.54) is 34.5 Å². The lowest BCUT2D eigenvalue weighted by molar-refractivity contribution is -0.121. The number of carbonyl (C=O) groups excluding carboxylic acids is 1. The molecule has 0 aliphatic carbocycles. The van der Waals surface area contributed by atoms with Gasteiger partial charge in [0.2, 0.25) is 10.0 Å². The zero-order chi connectivity index (χ0) is 23.2. The molecule has 0 saturated heterocycles. The van der Waals surface area contributed by atoms with Gasteiger partial charge >= 0.3 is 0 Å². The van der Waals surface area contributed by atoms with Crippen LogP contribution in [0.4, 0.5) is 5.69 Å². The maximum Gasteiger partial charge on any atom is 0.263 e. The Balaban J connectivity index is 2.20. The molecular weight excluding hydrogens is 490 g/mol. The van der Waals surface area contributed by atoms with Gasteiger partial charge in [0, 0.05) is 0 Å². The monoisotopic (exact) mass is 513 g/mol. The molecule has 0 unspecified atom stereocenters. The molecule has 168 valence electrons. The molecule has 2 aromatic rings. The van der Waals surface area contributed by atoms with Crippen LogP contribution in [0.1, 0.15) is 12.5 Å². The van der Waals surface area contributed by atoms with Gasteiger partial charge in [-0.15, -0.1) is 0 Å². The van der Waals surface area contributed by atoms with Crippen molar-refractivity contribution in [1.29, 1.82) is 0 Å². The summed E-state index contributed by atoms with van der Waals surface area (Å²) in [6.07, 6.45) is 2.45. The first-order valence-corrected chi connectivity index (χ1v) is 11.6. The Morgan fingerprint density at radius 1 is 1.13 bits per heavy atom. The minimum atomic E-state index is -3.74. The van der Waals surface area contributed by atoms with Crippen LogP contribution in [0.2, 0.25) is 0 Å². The predicted molar refractivity (Wildman–Crippen MR) is 123 cm³/mol. The minimum Gasteiger partial charge on any atom is -0.497 e. The number of nitrogens with one attached hydrogen (secondary N) is 1. The minimum absolute atomic E-state index is 0.332. The van der Waals surface area contributed by atoms with Crippen LogP contribution in [0.25, 0.3) is 0 Å². The Morgan fingerprint density at radius 3 is 2.29 bits per heavy atom. The predicted octanol–water partition coefficient (Wildman–Crippen LogP) is 2.78. The van der Waals surface area contributed by atoms with Crippen molar-refractivity contribution >= 4 is 43.8 Å². The number of rotatable bonds is 9. The Labute approximate surface area is 190 Å². The van der Waals surface area contributed by atoms with Crippen molar-refractivity contribution < 1.29 is 27.4 Å². The lowest BCUT2D eigenvalue weighted by Crippen LogP contribution is -2.46. The first kappa shape index (κ1) is 24.5. The van der Waals surface area contributed by atoms with E-state index >= 15 is 0 Å². The van der Waals surface area contributed by atoms with Gasteiger partial charge < -0.3 is 14.2 Å². The Kier molecular flexibility index (Phi) is 8.28. The molecule has 0 saturated carbocycles. The second-order valence-corrected chi connectivity index (χ2v) is 9.12. The second kappa shape index (κ2) is 10.5. The number of ether oxygens (including phenoxy) is 3. The van der Waals surface area contributed by atoms with Crippen LogP contribution in [0, 0.1) is 0 Å². The number of anilines is 1. The van der Waals surface area contributed by atoms with Crippen LogP contribution in [0.15, 0.2) is 46.0 Å². The molecule has 1 amide bonds. The molecule has 1 atom stereocenters. The quantitative estimate of drug-likeness (QED) is 0.408. The number of hydrazone groups is 1. The lowest BCUT2D eigenvalue weighted by atomic mass is 10.2. The van der Waals surface area contributed by atoms with E-state index in [1.807, 2.05) is 0 Å². The number of nitrogens with zero attached hydrogens (tertiary/aromatic N) is 2. The van der Waals surface area contributed by atoms with Crippen molar-refractivity contribution in [3.05, 3.63) is 46.4 Å². The van der Waals surface area contributed by atoms with Crippen LogP contribution >= 0.6 is 15.9 Å². The van der Waals surface area contributed by atoms with Crippen molar-refractivity contribution in [2.45, 2.75) is 13.0 Å². The summed E-state index contributed by atoms with van der Waals surface area (Å²) in [6, 6.07) is 8.74. The third-order valence-electron chi connectivity index (χ3n) is 4.26. The highest BCUT2D eigenvalue weighted by Crippen LogP contribution is 2.35. The van der Waals surface area contributed by atoms with E-state index in [2.05, 4.69) is 26.5 Å². The number of sulfonamides is 1. The van der Waals surface area contributed by atoms with Crippen LogP contribution < -0.4 is 23.9 Å². The Morgan fingerprint density at radius 2 is 1.77 bits per heavy atom. The van der Waals surface area contributed by atoms with E-state index < -0.39 is 22.0 Å². The van der Waals surface area contributed by atoms with Gasteiger partial charge in [-0.1, -0.05) is 0 Å². The highest BCUT2D eigenvalue weighted by molar-refractivity contribution is 9.10. The summed E-state index contributed by atoms with van der Waals surface area (Å²) < 4.78 is 42.0. The smallest absolute Gasteiger partial charge is 0.263 e. The van der Waals surface area contributed by atoms with Gasteiger partial charge in [-0.25, -0.2) is 13.8 Å². The fourth-order valence-electron chi connectivity index (χ4n) is 2.81. The van der Waals surface area contributed by atoms with E-state index in [0.29, 0.717) is 33.0 Å². The van der Waals surface area contributed by atoms with Gasteiger partial charge in [0.1, 0.15) is 11.8 Å². The number of hydrogen-bond donors (Lipinski definition) is 1. The van der Waals surface area contributed by atoms with Crippen molar-refractivity contribution in [3.8, 4) is 17.2 Å². The van der Waals surface area contributed by atoms with E-state index in [0.717, 1.165) is 10.6 Å². The normalized spacial score (nSPS) is 12.3. The zero-order valence-electron chi connectivity index (χ0n) is 17.7. The molecular formula is C20H24BrN3O6S. The van der Waals surface area contributed by atoms with Gasteiger partial charge in [-0.3, -0.25) is 9.10 Å². The van der Waals surface area contributed by atoms with Gasteiger partial charge in [0.25, 0.3) is 5.91 Å². The molecule has 1 N–H and O–H groups in total. The molecule has 2 rings (SSSR count). The summed E-state index contributed by atoms with van der Waals surface area (Å²) in [7, 11) is 0.800. The maximum atomic E-state index is 12.6. The fraction of sp³-hybridized carbons (Fsp3) is 0.300. The lowest BCUT2D eigenvalue weighted by Gasteiger charge is -2.27. The van der Waals surface area contributed by atoms with Crippen LogP contribution in [-0.4, -0.2) is 54.2 Å². The SMILES string of the molecule is COc1ccc(N([C@H](C)C(=O)N/N=C\c2cc(Br)c(OC)c(OC)c2)S(C)(=O)=O)cc1. The fourth-order valence-corrected chi connectivity index (χ4v) is 4.61. The molecule has 31 heavy (non-hydrogen) atoms. The third-order valence-corrected chi connectivity index (χ3v) is 6.09. The van der Waals surface area contributed by atoms with Crippen LogP contribution in [0.5, 0.6) is 17.2 Å². The van der Waals surface area contributed by atoms with Crippen molar-refractivity contribution in [3.63, 3.8) is 0 Å². The van der Waals surface area contributed by atoms with Crippen LogP contribution in [0.3, 0.4) is 0 Å². The van der Waals surface area contributed by atoms with E-state index in [4.69, 9.17) is 14.2 Å². The average molecular weight is 514 g/mol. The van der Waals surface area contributed by atoms with Crippen molar-refractivity contribution in [1.82, 2.24) is 5.43 Å². The molecule has 0 radical (unpaired) electrons. The van der Waals surface area contributed by atoms with Crippen molar-refractivity contribution in [2.75, 3.05) is 31.9 Å².